The van der Waals surface area contributed by atoms with Crippen LogP contribution >= 0.6 is 11.6 Å². The molecule has 0 spiro atoms. The van der Waals surface area contributed by atoms with E-state index in [-0.39, 0.29) is 16.3 Å². The first-order valence-corrected chi connectivity index (χ1v) is 12.4. The average molecular weight is 517 g/mol. The van der Waals surface area contributed by atoms with Crippen LogP contribution in [-0.4, -0.2) is 55.2 Å². The number of alkyl halides is 3. The smallest absolute Gasteiger partial charge is 0.422 e. The van der Waals surface area contributed by atoms with Crippen LogP contribution in [0.25, 0.3) is 5.82 Å². The Morgan fingerprint density at radius 2 is 2.00 bits per heavy atom. The van der Waals surface area contributed by atoms with Gasteiger partial charge < -0.3 is 10.1 Å². The molecule has 0 saturated carbocycles. The summed E-state index contributed by atoms with van der Waals surface area (Å²) in [5, 5.41) is 6.86. The van der Waals surface area contributed by atoms with E-state index in [4.69, 9.17) is 11.6 Å². The van der Waals surface area contributed by atoms with Gasteiger partial charge >= 0.3 is 6.18 Å². The van der Waals surface area contributed by atoms with Crippen molar-refractivity contribution < 1.29 is 26.9 Å². The summed E-state index contributed by atoms with van der Waals surface area (Å²) < 4.78 is 59.3. The van der Waals surface area contributed by atoms with Gasteiger partial charge in [-0.25, -0.2) is 14.2 Å². The number of amides is 1. The van der Waals surface area contributed by atoms with Crippen LogP contribution in [0.2, 0.25) is 5.02 Å². The lowest BCUT2D eigenvalue weighted by molar-refractivity contribution is -0.153. The number of carbonyl (C=O) groups excluding carboxylic acids is 1. The summed E-state index contributed by atoms with van der Waals surface area (Å²) in [4.78, 5) is 21.1. The van der Waals surface area contributed by atoms with Gasteiger partial charge in [-0.3, -0.25) is 4.79 Å². The van der Waals surface area contributed by atoms with Crippen molar-refractivity contribution >= 4 is 32.9 Å². The zero-order chi connectivity index (χ0) is 25.1. The maximum absolute atomic E-state index is 12.7. The fourth-order valence-electron chi connectivity index (χ4n) is 2.82. The zero-order valence-corrected chi connectivity index (χ0v) is 19.8. The van der Waals surface area contributed by atoms with Crippen LogP contribution < -0.4 is 10.1 Å². The Balaban J connectivity index is 1.77. The lowest BCUT2D eigenvalue weighted by Gasteiger charge is -2.15. The van der Waals surface area contributed by atoms with Crippen LogP contribution in [0.1, 0.15) is 29.1 Å². The van der Waals surface area contributed by atoms with Gasteiger partial charge in [-0.1, -0.05) is 11.6 Å². The normalized spacial score (nSPS) is 12.8. The highest BCUT2D eigenvalue weighted by Crippen LogP contribution is 2.24. The number of pyridine rings is 1. The van der Waals surface area contributed by atoms with Crippen LogP contribution in [0.3, 0.4) is 0 Å². The molecule has 0 unspecified atom stereocenters. The first-order valence-electron chi connectivity index (χ1n) is 9.65. The van der Waals surface area contributed by atoms with Crippen LogP contribution in [-0.2, 0) is 9.73 Å². The van der Waals surface area contributed by atoms with E-state index in [1.54, 1.807) is 19.1 Å². The van der Waals surface area contributed by atoms with Crippen molar-refractivity contribution in [2.45, 2.75) is 19.1 Å². The third-order valence-electron chi connectivity index (χ3n) is 4.12. The number of nitrogens with zero attached hydrogens (tertiary/aromatic N) is 5. The highest BCUT2D eigenvalue weighted by molar-refractivity contribution is 7.92. The van der Waals surface area contributed by atoms with Gasteiger partial charge in [0, 0.05) is 32.8 Å². The lowest BCUT2D eigenvalue weighted by atomic mass is 10.2. The van der Waals surface area contributed by atoms with Crippen molar-refractivity contribution in [2.24, 2.45) is 4.36 Å². The molecule has 0 aliphatic rings. The third kappa shape index (κ3) is 7.15. The van der Waals surface area contributed by atoms with E-state index in [2.05, 4.69) is 29.5 Å². The number of carbonyl (C=O) groups is 1. The molecule has 1 amide bonds. The molecule has 34 heavy (non-hydrogen) atoms. The second-order valence-electron chi connectivity index (χ2n) is 7.45. The SMILES string of the molecule is C[C@H](NC(=O)c1cc(Cl)cc(OCC(F)(F)F)c1)c1ncnn1-c1ccc(N=S(C)(C)=O)cn1. The van der Waals surface area contributed by atoms with E-state index in [0.717, 1.165) is 6.07 Å². The highest BCUT2D eigenvalue weighted by Gasteiger charge is 2.28. The fraction of sp³-hybridized carbons (Fsp3) is 0.300. The molecule has 1 atom stereocenters. The van der Waals surface area contributed by atoms with Crippen molar-refractivity contribution in [3.63, 3.8) is 0 Å². The van der Waals surface area contributed by atoms with E-state index in [9.17, 15) is 22.2 Å². The van der Waals surface area contributed by atoms with Gasteiger partial charge in [-0.2, -0.15) is 27.3 Å². The number of aromatic nitrogens is 4. The van der Waals surface area contributed by atoms with Crippen LogP contribution in [0.5, 0.6) is 5.75 Å². The average Bonchev–Trinajstić information content (AvgIpc) is 3.21. The number of hydrogen-bond donors (Lipinski definition) is 1. The fourth-order valence-corrected chi connectivity index (χ4v) is 3.66. The van der Waals surface area contributed by atoms with Crippen molar-refractivity contribution in [3.8, 4) is 11.6 Å². The molecule has 0 radical (unpaired) electrons. The van der Waals surface area contributed by atoms with E-state index in [1.807, 2.05) is 0 Å². The predicted octanol–water partition coefficient (Wildman–Crippen LogP) is 4.11. The summed E-state index contributed by atoms with van der Waals surface area (Å²) in [6.07, 6.45) is 1.20. The van der Waals surface area contributed by atoms with Crippen LogP contribution in [0.15, 0.2) is 47.2 Å². The van der Waals surface area contributed by atoms with E-state index >= 15 is 0 Å². The van der Waals surface area contributed by atoms with Gasteiger partial charge in [0.05, 0.1) is 17.9 Å². The third-order valence-corrected chi connectivity index (χ3v) is 4.99. The zero-order valence-electron chi connectivity index (χ0n) is 18.2. The molecular weight excluding hydrogens is 497 g/mol. The van der Waals surface area contributed by atoms with Crippen molar-refractivity contribution in [1.29, 1.82) is 0 Å². The molecular formula is C20H20ClF3N6O3S. The maximum atomic E-state index is 12.7. The molecule has 2 aromatic heterocycles. The molecule has 0 bridgehead atoms. The monoisotopic (exact) mass is 516 g/mol. The molecule has 1 N–H and O–H groups in total. The Morgan fingerprint density at radius 3 is 2.62 bits per heavy atom. The first-order chi connectivity index (χ1) is 15.8. The summed E-state index contributed by atoms with van der Waals surface area (Å²) in [5.74, 6) is -0.0690. The minimum atomic E-state index is -4.53. The number of nitrogens with one attached hydrogen (secondary N) is 1. The van der Waals surface area contributed by atoms with Gasteiger partial charge in [0.25, 0.3) is 5.91 Å². The molecule has 2 heterocycles. The maximum Gasteiger partial charge on any atom is 0.422 e. The second kappa shape index (κ2) is 9.97. The van der Waals surface area contributed by atoms with Gasteiger partial charge in [-0.05, 0) is 37.3 Å². The molecule has 9 nitrogen and oxygen atoms in total. The summed E-state index contributed by atoms with van der Waals surface area (Å²) >= 11 is 5.94. The predicted molar refractivity (Wildman–Crippen MR) is 120 cm³/mol. The van der Waals surface area contributed by atoms with Gasteiger partial charge in [0.2, 0.25) is 0 Å². The minimum absolute atomic E-state index is 0.00871. The van der Waals surface area contributed by atoms with E-state index in [1.165, 1.54) is 41.9 Å². The molecule has 0 fully saturated rings. The molecule has 0 saturated heterocycles. The topological polar surface area (TPSA) is 111 Å². The molecule has 3 rings (SSSR count). The molecule has 182 valence electrons. The van der Waals surface area contributed by atoms with E-state index < -0.39 is 34.5 Å². The van der Waals surface area contributed by atoms with E-state index in [0.29, 0.717) is 17.3 Å². The molecule has 14 heteroatoms. The Labute approximate surface area is 198 Å². The van der Waals surface area contributed by atoms with Crippen molar-refractivity contribution in [3.05, 3.63) is 59.3 Å². The molecule has 1 aromatic carbocycles. The number of benzene rings is 1. The molecule has 0 aliphatic heterocycles. The molecule has 0 aliphatic carbocycles. The quantitative estimate of drug-likeness (QED) is 0.506. The first kappa shape index (κ1) is 25.4. The Hall–Kier alpha value is -3.19. The number of hydrogen-bond acceptors (Lipinski definition) is 7. The summed E-state index contributed by atoms with van der Waals surface area (Å²) in [7, 11) is -2.34. The Kier molecular flexibility index (Phi) is 7.46. The lowest BCUT2D eigenvalue weighted by Crippen LogP contribution is -2.29. The summed E-state index contributed by atoms with van der Waals surface area (Å²) in [6.45, 7) is 0.137. The highest BCUT2D eigenvalue weighted by atomic mass is 35.5. The molecule has 3 aromatic rings. The number of halogens is 4. The summed E-state index contributed by atoms with van der Waals surface area (Å²) in [5.41, 5.74) is 0.445. The number of rotatable bonds is 7. The van der Waals surface area contributed by atoms with Crippen molar-refractivity contribution in [2.75, 3.05) is 19.1 Å². The second-order valence-corrected chi connectivity index (χ2v) is 10.4. The summed E-state index contributed by atoms with van der Waals surface area (Å²) in [6, 6.07) is 6.22. The minimum Gasteiger partial charge on any atom is -0.484 e. The number of ether oxygens (including phenoxy) is 1. The standard InChI is InChI=1S/C20H20ClF3N6O3S/c1-12(28-19(31)13-6-14(21)8-16(7-13)33-10-20(22,23)24)18-26-11-27-30(18)17-5-4-15(9-25-17)29-34(2,3)32/h4-9,11-12H,10H2,1-3H3,(H,28,31)/t12-/m0/s1. The van der Waals surface area contributed by atoms with Crippen LogP contribution in [0, 0.1) is 0 Å². The van der Waals surface area contributed by atoms with Crippen LogP contribution in [0.4, 0.5) is 18.9 Å². The van der Waals surface area contributed by atoms with Gasteiger partial charge in [0.1, 0.15) is 12.1 Å². The van der Waals surface area contributed by atoms with Gasteiger partial charge in [0.15, 0.2) is 18.2 Å². The Morgan fingerprint density at radius 1 is 1.26 bits per heavy atom. The Bertz CT molecular complexity index is 1300. The van der Waals surface area contributed by atoms with Crippen molar-refractivity contribution in [1.82, 2.24) is 25.1 Å². The van der Waals surface area contributed by atoms with Gasteiger partial charge in [-0.15, -0.1) is 0 Å². The largest absolute Gasteiger partial charge is 0.484 e.